The lowest BCUT2D eigenvalue weighted by atomic mass is 9.84. The maximum atomic E-state index is 13.5. The van der Waals surface area contributed by atoms with Crippen molar-refractivity contribution in [2.24, 2.45) is 5.41 Å². The number of hydrogen-bond acceptors (Lipinski definition) is 3. The predicted molar refractivity (Wildman–Crippen MR) is 104 cm³/mol. The SMILES string of the molecule is CCC[C@@H](CC1CCC[N+]1([O-])C(=O)C(=O)C(C)(C)CC)c1ccccc1. The second-order valence-electron chi connectivity index (χ2n) is 8.32. The van der Waals surface area contributed by atoms with Crippen LogP contribution in [0.1, 0.15) is 77.7 Å². The number of carbonyl (C=O) groups excluding carboxylic acids is 2. The summed E-state index contributed by atoms with van der Waals surface area (Å²) in [4.78, 5) is 25.5. The van der Waals surface area contributed by atoms with E-state index in [1.165, 1.54) is 5.56 Å². The van der Waals surface area contributed by atoms with E-state index in [2.05, 4.69) is 19.1 Å². The number of hydroxylamine groups is 3. The molecule has 1 heterocycles. The fraction of sp³-hybridized carbons (Fsp3) is 0.636. The second-order valence-corrected chi connectivity index (χ2v) is 8.32. The molecule has 0 aliphatic carbocycles. The first-order valence-corrected chi connectivity index (χ1v) is 9.99. The summed E-state index contributed by atoms with van der Waals surface area (Å²) >= 11 is 0. The number of quaternary nitrogens is 1. The molecular formula is C22H33NO3. The molecule has 2 rings (SSSR count). The highest BCUT2D eigenvalue weighted by atomic mass is 16.6. The third-order valence-corrected chi connectivity index (χ3v) is 6.12. The fourth-order valence-corrected chi connectivity index (χ4v) is 3.95. The van der Waals surface area contributed by atoms with Crippen molar-refractivity contribution >= 4 is 11.7 Å². The van der Waals surface area contributed by atoms with Gasteiger partial charge in [-0.2, -0.15) is 0 Å². The molecule has 4 heteroatoms. The van der Waals surface area contributed by atoms with E-state index in [4.69, 9.17) is 0 Å². The van der Waals surface area contributed by atoms with E-state index < -0.39 is 21.8 Å². The Kier molecular flexibility index (Phi) is 6.75. The smallest absolute Gasteiger partial charge is 0.382 e. The predicted octanol–water partition coefficient (Wildman–Crippen LogP) is 4.97. The van der Waals surface area contributed by atoms with Crippen molar-refractivity contribution in [3.8, 4) is 0 Å². The molecule has 1 saturated heterocycles. The van der Waals surface area contributed by atoms with Gasteiger partial charge in [-0.3, -0.25) is 9.44 Å². The van der Waals surface area contributed by atoms with Crippen LogP contribution in [-0.4, -0.2) is 28.9 Å². The summed E-state index contributed by atoms with van der Waals surface area (Å²) in [5.41, 5.74) is 0.461. The van der Waals surface area contributed by atoms with E-state index in [1.54, 1.807) is 13.8 Å². The molecule has 2 unspecified atom stereocenters. The van der Waals surface area contributed by atoms with Gasteiger partial charge in [0.25, 0.3) is 5.78 Å². The molecule has 3 atom stereocenters. The normalized spacial score (nSPS) is 24.4. The lowest BCUT2D eigenvalue weighted by Crippen LogP contribution is -2.56. The number of amides is 1. The molecule has 0 spiro atoms. The molecule has 0 radical (unpaired) electrons. The highest BCUT2D eigenvalue weighted by molar-refractivity contribution is 6.35. The second kappa shape index (κ2) is 8.45. The minimum absolute atomic E-state index is 0.239. The molecule has 1 aromatic carbocycles. The molecule has 144 valence electrons. The lowest BCUT2D eigenvalue weighted by Gasteiger charge is -2.43. The van der Waals surface area contributed by atoms with E-state index in [9.17, 15) is 14.8 Å². The van der Waals surface area contributed by atoms with E-state index in [0.717, 1.165) is 19.3 Å². The molecule has 4 nitrogen and oxygen atoms in total. The van der Waals surface area contributed by atoms with Gasteiger partial charge >= 0.3 is 5.91 Å². The van der Waals surface area contributed by atoms with Gasteiger partial charge in [-0.15, -0.1) is 0 Å². The molecule has 0 bridgehead atoms. The van der Waals surface area contributed by atoms with Gasteiger partial charge in [-0.25, -0.2) is 4.79 Å². The average Bonchev–Trinajstić information content (AvgIpc) is 3.02. The van der Waals surface area contributed by atoms with Crippen LogP contribution in [0.15, 0.2) is 30.3 Å². The van der Waals surface area contributed by atoms with Crippen LogP contribution in [0.4, 0.5) is 0 Å². The average molecular weight is 360 g/mol. The first kappa shape index (κ1) is 20.8. The maximum Gasteiger partial charge on any atom is 0.382 e. The maximum absolute atomic E-state index is 13.5. The van der Waals surface area contributed by atoms with Crippen molar-refractivity contribution < 1.29 is 14.2 Å². The summed E-state index contributed by atoms with van der Waals surface area (Å²) in [5.74, 6) is -0.978. The van der Waals surface area contributed by atoms with Gasteiger partial charge in [0.2, 0.25) is 0 Å². The molecule has 1 fully saturated rings. The van der Waals surface area contributed by atoms with Crippen LogP contribution in [0.25, 0.3) is 0 Å². The van der Waals surface area contributed by atoms with E-state index in [0.29, 0.717) is 19.3 Å². The Balaban J connectivity index is 2.22. The Morgan fingerprint density at radius 2 is 1.88 bits per heavy atom. The minimum atomic E-state index is -0.949. The summed E-state index contributed by atoms with van der Waals surface area (Å²) in [5, 5.41) is 13.5. The third kappa shape index (κ3) is 4.24. The van der Waals surface area contributed by atoms with Crippen molar-refractivity contribution in [2.75, 3.05) is 6.54 Å². The molecule has 1 amide bonds. The molecule has 0 aromatic heterocycles. The Hall–Kier alpha value is -1.52. The Labute approximate surface area is 157 Å². The summed E-state index contributed by atoms with van der Waals surface area (Å²) in [6.45, 7) is 7.78. The van der Waals surface area contributed by atoms with Gasteiger partial charge in [-0.1, -0.05) is 64.4 Å². The largest absolute Gasteiger partial charge is 0.625 e. The minimum Gasteiger partial charge on any atom is -0.625 e. The monoisotopic (exact) mass is 359 g/mol. The number of hydrogen-bond donors (Lipinski definition) is 0. The quantitative estimate of drug-likeness (QED) is 0.374. The topological polar surface area (TPSA) is 57.2 Å². The van der Waals surface area contributed by atoms with Gasteiger partial charge in [0.15, 0.2) is 0 Å². The van der Waals surface area contributed by atoms with Gasteiger partial charge in [0.05, 0.1) is 12.6 Å². The van der Waals surface area contributed by atoms with Gasteiger partial charge in [0.1, 0.15) is 0 Å². The molecule has 1 aliphatic rings. The molecule has 0 saturated carbocycles. The van der Waals surface area contributed by atoms with Crippen LogP contribution in [0.2, 0.25) is 0 Å². The Morgan fingerprint density at radius 3 is 2.46 bits per heavy atom. The number of likely N-dealkylation sites (tertiary alicyclic amines) is 1. The van der Waals surface area contributed by atoms with E-state index >= 15 is 0 Å². The first-order chi connectivity index (χ1) is 12.3. The van der Waals surface area contributed by atoms with E-state index in [1.807, 2.05) is 25.1 Å². The van der Waals surface area contributed by atoms with Gasteiger partial charge in [-0.05, 0) is 24.3 Å². The Morgan fingerprint density at radius 1 is 1.23 bits per heavy atom. The molecule has 26 heavy (non-hydrogen) atoms. The number of nitrogens with zero attached hydrogens (tertiary/aromatic N) is 1. The number of carbonyl (C=O) groups is 2. The number of rotatable bonds is 8. The zero-order valence-electron chi connectivity index (χ0n) is 16.7. The summed E-state index contributed by atoms with van der Waals surface area (Å²) in [6.07, 6.45) is 4.69. The van der Waals surface area contributed by atoms with Crippen molar-refractivity contribution in [2.45, 2.75) is 78.2 Å². The van der Waals surface area contributed by atoms with Crippen LogP contribution >= 0.6 is 0 Å². The van der Waals surface area contributed by atoms with Crippen LogP contribution in [0, 0.1) is 10.6 Å². The molecular weight excluding hydrogens is 326 g/mol. The Bertz CT molecular complexity index is 626. The van der Waals surface area contributed by atoms with E-state index in [-0.39, 0.29) is 18.5 Å². The lowest BCUT2D eigenvalue weighted by molar-refractivity contribution is -0.814. The standard InChI is InChI=1S/C22H33NO3/c1-5-11-18(17-12-8-7-9-13-17)16-19-14-10-15-23(19,26)21(25)20(24)22(3,4)6-2/h7-9,12-13,18-19H,5-6,10-11,14-16H2,1-4H3/t18-,19?,23?/m0/s1. The highest BCUT2D eigenvalue weighted by Gasteiger charge is 2.48. The number of ketones is 1. The van der Waals surface area contributed by atoms with Crippen LogP contribution < -0.4 is 0 Å². The first-order valence-electron chi connectivity index (χ1n) is 9.99. The summed E-state index contributed by atoms with van der Waals surface area (Å²) < 4.78 is -0.949. The third-order valence-electron chi connectivity index (χ3n) is 6.12. The molecule has 1 aromatic rings. The molecule has 1 aliphatic heterocycles. The number of Topliss-reactive ketones (excluding diaryl/α,β-unsaturated/α-hetero) is 1. The zero-order chi connectivity index (χ0) is 19.4. The van der Waals surface area contributed by atoms with Crippen molar-refractivity contribution in [1.82, 2.24) is 0 Å². The van der Waals surface area contributed by atoms with Gasteiger partial charge < -0.3 is 5.21 Å². The van der Waals surface area contributed by atoms with Crippen molar-refractivity contribution in [3.63, 3.8) is 0 Å². The fourth-order valence-electron chi connectivity index (χ4n) is 3.95. The van der Waals surface area contributed by atoms with Gasteiger partial charge in [0, 0.05) is 24.7 Å². The molecule has 0 N–H and O–H groups in total. The summed E-state index contributed by atoms with van der Waals surface area (Å²) in [7, 11) is 0. The van der Waals surface area contributed by atoms with Crippen LogP contribution in [-0.2, 0) is 9.59 Å². The van der Waals surface area contributed by atoms with Crippen LogP contribution in [0.5, 0.6) is 0 Å². The van der Waals surface area contributed by atoms with Crippen molar-refractivity contribution in [3.05, 3.63) is 41.1 Å². The highest BCUT2D eigenvalue weighted by Crippen LogP contribution is 2.37. The zero-order valence-corrected chi connectivity index (χ0v) is 16.7. The summed E-state index contributed by atoms with van der Waals surface area (Å²) in [6, 6.07) is 9.92. The number of benzene rings is 1. The van der Waals surface area contributed by atoms with Crippen molar-refractivity contribution in [1.29, 1.82) is 0 Å². The van der Waals surface area contributed by atoms with Crippen LogP contribution in [0.3, 0.4) is 0 Å².